The van der Waals surface area contributed by atoms with Crippen LogP contribution < -0.4 is 9.62 Å². The molecule has 0 amide bonds. The van der Waals surface area contributed by atoms with Crippen LogP contribution >= 0.6 is 0 Å². The second-order valence-corrected chi connectivity index (χ2v) is 7.74. The Morgan fingerprint density at radius 1 is 0.778 bits per heavy atom. The van der Waals surface area contributed by atoms with Gasteiger partial charge in [-0.2, -0.15) is 0 Å². The molecule has 0 saturated heterocycles. The van der Waals surface area contributed by atoms with Gasteiger partial charge in [-0.1, -0.05) is 65.5 Å². The first-order chi connectivity index (χ1) is 12.9. The van der Waals surface area contributed by atoms with Crippen molar-refractivity contribution in [2.45, 2.75) is 79.1 Å². The Balaban J connectivity index is 2.38. The number of hydrogen-bond acceptors (Lipinski definition) is 5. The third-order valence-corrected chi connectivity index (χ3v) is 4.12. The summed E-state index contributed by atoms with van der Waals surface area (Å²) in [4.78, 5) is 33.7. The standard InChI is InChI=1S/C22H34O5/c1-17(2)11-5-9-15-21(23)25-19-13-7-8-14-20(19)26-27-22(24)16-10-6-12-18(3)4/h7-8,13-14,17-18H,5-6,9-12,15-16H2,1-4H3. The molecule has 0 spiro atoms. The molecule has 0 fully saturated rings. The van der Waals surface area contributed by atoms with E-state index < -0.39 is 5.97 Å². The van der Waals surface area contributed by atoms with E-state index in [9.17, 15) is 9.59 Å². The Labute approximate surface area is 163 Å². The number of hydrogen-bond donors (Lipinski definition) is 0. The molecule has 1 aromatic rings. The predicted molar refractivity (Wildman–Crippen MR) is 105 cm³/mol. The summed E-state index contributed by atoms with van der Waals surface area (Å²) in [5.74, 6) is 1.02. The summed E-state index contributed by atoms with van der Waals surface area (Å²) in [6, 6.07) is 6.69. The fourth-order valence-corrected chi connectivity index (χ4v) is 2.55. The zero-order valence-electron chi connectivity index (χ0n) is 17.2. The largest absolute Gasteiger partial charge is 0.422 e. The molecule has 0 aliphatic rings. The van der Waals surface area contributed by atoms with Crippen molar-refractivity contribution in [2.24, 2.45) is 11.8 Å². The molecule has 0 atom stereocenters. The minimum absolute atomic E-state index is 0.226. The van der Waals surface area contributed by atoms with E-state index in [-0.39, 0.29) is 17.5 Å². The van der Waals surface area contributed by atoms with Gasteiger partial charge in [-0.05, 0) is 36.8 Å². The van der Waals surface area contributed by atoms with Gasteiger partial charge in [-0.3, -0.25) is 14.6 Å². The molecule has 1 rings (SSSR count). The second kappa shape index (κ2) is 13.2. The van der Waals surface area contributed by atoms with Crippen molar-refractivity contribution in [1.29, 1.82) is 0 Å². The van der Waals surface area contributed by atoms with Gasteiger partial charge in [0.25, 0.3) is 0 Å². The lowest BCUT2D eigenvalue weighted by molar-refractivity contribution is -0.214. The number of carbonyl (C=O) groups is 2. The van der Waals surface area contributed by atoms with Crippen molar-refractivity contribution in [3.63, 3.8) is 0 Å². The Bertz CT molecular complexity index is 566. The number of ether oxygens (including phenoxy) is 1. The molecule has 0 aliphatic carbocycles. The number of carbonyl (C=O) groups excluding carboxylic acids is 2. The van der Waals surface area contributed by atoms with Crippen LogP contribution in [-0.4, -0.2) is 11.9 Å². The molecule has 0 unspecified atom stereocenters. The molecule has 1 aromatic carbocycles. The van der Waals surface area contributed by atoms with E-state index in [0.717, 1.165) is 38.5 Å². The molecule has 0 N–H and O–H groups in total. The minimum atomic E-state index is -0.423. The van der Waals surface area contributed by atoms with Crippen molar-refractivity contribution in [2.75, 3.05) is 0 Å². The highest BCUT2D eigenvalue weighted by molar-refractivity contribution is 5.73. The third kappa shape index (κ3) is 11.3. The topological polar surface area (TPSA) is 61.8 Å². The van der Waals surface area contributed by atoms with Crippen LogP contribution in [0.2, 0.25) is 0 Å². The van der Waals surface area contributed by atoms with Crippen molar-refractivity contribution < 1.29 is 24.1 Å². The summed E-state index contributed by atoms with van der Waals surface area (Å²) in [5.41, 5.74) is 0. The monoisotopic (exact) mass is 378 g/mol. The van der Waals surface area contributed by atoms with Gasteiger partial charge in [-0.25, -0.2) is 4.79 Å². The maximum atomic E-state index is 12.0. The number of rotatable bonds is 13. The van der Waals surface area contributed by atoms with E-state index >= 15 is 0 Å². The Morgan fingerprint density at radius 2 is 1.30 bits per heavy atom. The lowest BCUT2D eigenvalue weighted by atomic mass is 10.1. The summed E-state index contributed by atoms with van der Waals surface area (Å²) in [5, 5.41) is 0. The molecule has 5 heteroatoms. The van der Waals surface area contributed by atoms with E-state index in [1.807, 2.05) is 0 Å². The van der Waals surface area contributed by atoms with Gasteiger partial charge in [0.1, 0.15) is 0 Å². The Kier molecular flexibility index (Phi) is 11.2. The van der Waals surface area contributed by atoms with E-state index in [2.05, 4.69) is 27.7 Å². The molecule has 0 aromatic heterocycles. The zero-order valence-corrected chi connectivity index (χ0v) is 17.2. The van der Waals surface area contributed by atoms with Crippen molar-refractivity contribution in [1.82, 2.24) is 0 Å². The molecule has 0 radical (unpaired) electrons. The van der Waals surface area contributed by atoms with Gasteiger partial charge in [0.05, 0.1) is 6.42 Å². The van der Waals surface area contributed by atoms with Crippen LogP contribution in [0.25, 0.3) is 0 Å². The minimum Gasteiger partial charge on any atom is -0.422 e. The Morgan fingerprint density at radius 3 is 1.85 bits per heavy atom. The first-order valence-corrected chi connectivity index (χ1v) is 10.1. The van der Waals surface area contributed by atoms with Gasteiger partial charge >= 0.3 is 11.9 Å². The van der Waals surface area contributed by atoms with Crippen molar-refractivity contribution >= 4 is 11.9 Å². The van der Waals surface area contributed by atoms with E-state index in [0.29, 0.717) is 24.7 Å². The van der Waals surface area contributed by atoms with Gasteiger partial charge < -0.3 is 4.74 Å². The normalized spacial score (nSPS) is 10.9. The van der Waals surface area contributed by atoms with E-state index in [1.165, 1.54) is 0 Å². The van der Waals surface area contributed by atoms with Gasteiger partial charge in [0.15, 0.2) is 5.75 Å². The van der Waals surface area contributed by atoms with Crippen LogP contribution in [0.1, 0.15) is 79.1 Å². The van der Waals surface area contributed by atoms with Crippen LogP contribution in [0, 0.1) is 11.8 Å². The molecule has 27 heavy (non-hydrogen) atoms. The molecule has 5 nitrogen and oxygen atoms in total. The zero-order chi connectivity index (χ0) is 20.1. The van der Waals surface area contributed by atoms with Gasteiger partial charge in [0, 0.05) is 6.42 Å². The molecule has 0 bridgehead atoms. The van der Waals surface area contributed by atoms with Crippen LogP contribution in [0.15, 0.2) is 24.3 Å². The quantitative estimate of drug-likeness (QED) is 0.141. The highest BCUT2D eigenvalue weighted by Crippen LogP contribution is 2.27. The number of esters is 1. The second-order valence-electron chi connectivity index (χ2n) is 7.74. The highest BCUT2D eigenvalue weighted by atomic mass is 17.2. The Hall–Kier alpha value is -2.04. The van der Waals surface area contributed by atoms with Crippen LogP contribution in [0.5, 0.6) is 11.5 Å². The van der Waals surface area contributed by atoms with E-state index in [1.54, 1.807) is 24.3 Å². The lowest BCUT2D eigenvalue weighted by Gasteiger charge is -2.10. The summed E-state index contributed by atoms with van der Waals surface area (Å²) in [6.07, 6.45) is 6.40. The third-order valence-electron chi connectivity index (χ3n) is 4.12. The van der Waals surface area contributed by atoms with Gasteiger partial charge in [0.2, 0.25) is 5.75 Å². The van der Waals surface area contributed by atoms with Crippen molar-refractivity contribution in [3.05, 3.63) is 24.3 Å². The van der Waals surface area contributed by atoms with E-state index in [4.69, 9.17) is 14.5 Å². The first kappa shape index (κ1) is 23.0. The average molecular weight is 379 g/mol. The highest BCUT2D eigenvalue weighted by Gasteiger charge is 2.13. The number of unbranched alkanes of at least 4 members (excludes halogenated alkanes) is 2. The number of para-hydroxylation sites is 2. The lowest BCUT2D eigenvalue weighted by Crippen LogP contribution is -2.11. The molecular weight excluding hydrogens is 344 g/mol. The molecule has 0 heterocycles. The fourth-order valence-electron chi connectivity index (χ4n) is 2.55. The first-order valence-electron chi connectivity index (χ1n) is 10.1. The summed E-state index contributed by atoms with van der Waals surface area (Å²) in [6.45, 7) is 8.64. The maximum Gasteiger partial charge on any atom is 0.355 e. The van der Waals surface area contributed by atoms with Gasteiger partial charge in [-0.15, -0.1) is 0 Å². The molecule has 0 saturated carbocycles. The molecule has 152 valence electrons. The SMILES string of the molecule is CC(C)CCCCC(=O)OOc1ccccc1OC(=O)CCCCC(C)C. The maximum absolute atomic E-state index is 12.0. The summed E-state index contributed by atoms with van der Waals surface area (Å²) >= 11 is 0. The summed E-state index contributed by atoms with van der Waals surface area (Å²) in [7, 11) is 0. The smallest absolute Gasteiger partial charge is 0.355 e. The number of benzene rings is 1. The average Bonchev–Trinajstić information content (AvgIpc) is 2.61. The molecular formula is C22H34O5. The summed E-state index contributed by atoms with van der Waals surface area (Å²) < 4.78 is 5.35. The van der Waals surface area contributed by atoms with Crippen LogP contribution in [-0.2, 0) is 14.5 Å². The van der Waals surface area contributed by atoms with Crippen molar-refractivity contribution in [3.8, 4) is 11.5 Å². The van der Waals surface area contributed by atoms with Crippen LogP contribution in [0.4, 0.5) is 0 Å². The predicted octanol–water partition coefficient (Wildman–Crippen LogP) is 5.86. The molecule has 0 aliphatic heterocycles. The van der Waals surface area contributed by atoms with Crippen LogP contribution in [0.3, 0.4) is 0 Å². The fraction of sp³-hybridized carbons (Fsp3) is 0.636.